The van der Waals surface area contributed by atoms with Gasteiger partial charge < -0.3 is 0 Å². The molecule has 2 heterocycles. The Hall–Kier alpha value is -0.476. The van der Waals surface area contributed by atoms with Crippen molar-refractivity contribution in [2.75, 3.05) is 0 Å². The maximum atomic E-state index is 4.19. The summed E-state index contributed by atoms with van der Waals surface area (Å²) in [5.41, 5.74) is 1.83. The maximum absolute atomic E-state index is 4.19. The number of nitrogens with zero attached hydrogens (tertiary/aromatic N) is 2. The Balaban J connectivity index is 0.000000845. The van der Waals surface area contributed by atoms with Gasteiger partial charge in [0.25, 0.3) is 0 Å². The fourth-order valence-electron chi connectivity index (χ4n) is 1.03. The third-order valence-corrected chi connectivity index (χ3v) is 1.59. The van der Waals surface area contributed by atoms with Crippen LogP contribution in [0.2, 0.25) is 0 Å². The van der Waals surface area contributed by atoms with E-state index in [1.54, 1.807) is 12.4 Å². The Labute approximate surface area is 110 Å². The van der Waals surface area contributed by atoms with E-state index in [0.717, 1.165) is 11.4 Å². The van der Waals surface area contributed by atoms with Crippen LogP contribution in [0.15, 0.2) is 48.8 Å². The molecular weight excluding hydrogens is 334 g/mol. The fraction of sp³-hybridized carbons (Fsp3) is 0. The molecular formula is C10H9IN2Ni. The molecule has 0 aromatic carbocycles. The molecule has 2 aromatic rings. The van der Waals surface area contributed by atoms with E-state index in [4.69, 9.17) is 0 Å². The quantitative estimate of drug-likeness (QED) is 0.588. The zero-order valence-electron chi connectivity index (χ0n) is 7.24. The first-order valence-electron chi connectivity index (χ1n) is 3.79. The van der Waals surface area contributed by atoms with Gasteiger partial charge in [-0.05, 0) is 24.3 Å². The summed E-state index contributed by atoms with van der Waals surface area (Å²) in [6.45, 7) is 0. The van der Waals surface area contributed by atoms with Crippen LogP contribution in [0.5, 0.6) is 0 Å². The zero-order chi connectivity index (χ0) is 8.23. The van der Waals surface area contributed by atoms with Gasteiger partial charge in [0.05, 0.1) is 11.4 Å². The van der Waals surface area contributed by atoms with Crippen molar-refractivity contribution < 1.29 is 16.5 Å². The van der Waals surface area contributed by atoms with E-state index < -0.39 is 0 Å². The van der Waals surface area contributed by atoms with Gasteiger partial charge >= 0.3 is 0 Å². The summed E-state index contributed by atoms with van der Waals surface area (Å²) in [5.74, 6) is 0. The second-order valence-electron chi connectivity index (χ2n) is 2.43. The fourth-order valence-corrected chi connectivity index (χ4v) is 1.03. The Morgan fingerprint density at radius 3 is 1.43 bits per heavy atom. The largest absolute Gasteiger partial charge is 0.255 e. The first-order chi connectivity index (χ1) is 5.97. The molecule has 0 saturated heterocycles. The van der Waals surface area contributed by atoms with E-state index in [2.05, 4.69) is 9.97 Å². The molecule has 0 unspecified atom stereocenters. The van der Waals surface area contributed by atoms with E-state index in [-0.39, 0.29) is 40.5 Å². The van der Waals surface area contributed by atoms with Crippen molar-refractivity contribution in [1.82, 2.24) is 9.97 Å². The Morgan fingerprint density at radius 1 is 0.714 bits per heavy atom. The number of hydrogen-bond donors (Lipinski definition) is 0. The molecule has 0 aliphatic carbocycles. The Morgan fingerprint density at radius 2 is 1.14 bits per heavy atom. The standard InChI is InChI=1S/C10H8N2.HI.Ni/c1-3-7-11-9(5-1)10-6-2-4-8-12-10;;/h1-8H;1H;. The van der Waals surface area contributed by atoms with E-state index >= 15 is 0 Å². The Kier molecular flexibility index (Phi) is 6.67. The van der Waals surface area contributed by atoms with Crippen LogP contribution in [-0.4, -0.2) is 9.97 Å². The first kappa shape index (κ1) is 13.5. The van der Waals surface area contributed by atoms with Gasteiger partial charge in [0.15, 0.2) is 0 Å². The normalized spacial score (nSPS) is 8.29. The minimum Gasteiger partial charge on any atom is -0.255 e. The smallest absolute Gasteiger partial charge is 0.0886 e. The molecule has 0 atom stereocenters. The summed E-state index contributed by atoms with van der Waals surface area (Å²) in [4.78, 5) is 8.37. The molecule has 4 heteroatoms. The van der Waals surface area contributed by atoms with Crippen LogP contribution >= 0.6 is 24.0 Å². The molecule has 0 radical (unpaired) electrons. The number of pyridine rings is 2. The van der Waals surface area contributed by atoms with Crippen LogP contribution in [0.3, 0.4) is 0 Å². The molecule has 76 valence electrons. The Bertz CT molecular complexity index is 316. The van der Waals surface area contributed by atoms with Gasteiger partial charge in [-0.1, -0.05) is 12.1 Å². The molecule has 2 nitrogen and oxygen atoms in total. The molecule has 0 bridgehead atoms. The maximum Gasteiger partial charge on any atom is 0.0886 e. The molecule has 0 aliphatic heterocycles. The van der Waals surface area contributed by atoms with Gasteiger partial charge in [-0.25, -0.2) is 0 Å². The van der Waals surface area contributed by atoms with Gasteiger partial charge in [-0.3, -0.25) is 9.97 Å². The summed E-state index contributed by atoms with van der Waals surface area (Å²) in [6, 6.07) is 11.6. The van der Waals surface area contributed by atoms with Crippen molar-refractivity contribution in [2.45, 2.75) is 0 Å². The number of halogens is 1. The molecule has 0 aliphatic rings. The molecule has 0 spiro atoms. The minimum absolute atomic E-state index is 0. The average molecular weight is 343 g/mol. The molecule has 0 saturated carbocycles. The van der Waals surface area contributed by atoms with Gasteiger partial charge in [-0.2, -0.15) is 0 Å². The van der Waals surface area contributed by atoms with Crippen LogP contribution in [0.4, 0.5) is 0 Å². The summed E-state index contributed by atoms with van der Waals surface area (Å²) >= 11 is 0. The summed E-state index contributed by atoms with van der Waals surface area (Å²) in [5, 5.41) is 0. The molecule has 14 heavy (non-hydrogen) atoms. The number of rotatable bonds is 1. The van der Waals surface area contributed by atoms with Crippen LogP contribution < -0.4 is 0 Å². The summed E-state index contributed by atoms with van der Waals surface area (Å²) in [7, 11) is 0. The monoisotopic (exact) mass is 342 g/mol. The van der Waals surface area contributed by atoms with E-state index in [1.807, 2.05) is 36.4 Å². The van der Waals surface area contributed by atoms with Crippen molar-refractivity contribution in [1.29, 1.82) is 0 Å². The second kappa shape index (κ2) is 6.90. The first-order valence-corrected chi connectivity index (χ1v) is 3.79. The molecule has 0 N–H and O–H groups in total. The average Bonchev–Trinajstić information content (AvgIpc) is 2.21. The number of aromatic nitrogens is 2. The predicted molar refractivity (Wildman–Crippen MR) is 62.9 cm³/mol. The van der Waals surface area contributed by atoms with Crippen LogP contribution in [0.25, 0.3) is 11.4 Å². The van der Waals surface area contributed by atoms with Crippen molar-refractivity contribution in [3.8, 4) is 11.4 Å². The summed E-state index contributed by atoms with van der Waals surface area (Å²) < 4.78 is 0. The molecule has 2 aromatic heterocycles. The number of hydrogen-bond acceptors (Lipinski definition) is 2. The van der Waals surface area contributed by atoms with Crippen molar-refractivity contribution in [3.05, 3.63) is 48.8 Å². The van der Waals surface area contributed by atoms with E-state index in [9.17, 15) is 0 Å². The van der Waals surface area contributed by atoms with Gasteiger partial charge in [-0.15, -0.1) is 24.0 Å². The third kappa shape index (κ3) is 3.35. The molecule has 2 rings (SSSR count). The molecule has 0 amide bonds. The molecule has 0 fully saturated rings. The van der Waals surface area contributed by atoms with Crippen LogP contribution in [-0.2, 0) is 16.5 Å². The zero-order valence-corrected chi connectivity index (χ0v) is 10.6. The van der Waals surface area contributed by atoms with Crippen molar-refractivity contribution in [3.63, 3.8) is 0 Å². The van der Waals surface area contributed by atoms with Crippen molar-refractivity contribution in [2.24, 2.45) is 0 Å². The van der Waals surface area contributed by atoms with Crippen LogP contribution in [0, 0.1) is 0 Å². The van der Waals surface area contributed by atoms with Gasteiger partial charge in [0.2, 0.25) is 0 Å². The topological polar surface area (TPSA) is 25.8 Å². The van der Waals surface area contributed by atoms with Crippen LogP contribution in [0.1, 0.15) is 0 Å². The summed E-state index contributed by atoms with van der Waals surface area (Å²) in [6.07, 6.45) is 3.54. The second-order valence-corrected chi connectivity index (χ2v) is 2.43. The van der Waals surface area contributed by atoms with Gasteiger partial charge in [0, 0.05) is 28.9 Å². The third-order valence-electron chi connectivity index (χ3n) is 1.59. The van der Waals surface area contributed by atoms with Gasteiger partial charge in [0.1, 0.15) is 0 Å². The van der Waals surface area contributed by atoms with E-state index in [1.165, 1.54) is 0 Å². The minimum atomic E-state index is 0. The predicted octanol–water partition coefficient (Wildman–Crippen LogP) is 2.76. The van der Waals surface area contributed by atoms with E-state index in [0.29, 0.717) is 0 Å². The van der Waals surface area contributed by atoms with Crippen molar-refractivity contribution >= 4 is 24.0 Å². The SMILES string of the molecule is I.[Ni].c1ccc(-c2ccccn2)nc1.